The van der Waals surface area contributed by atoms with Crippen LogP contribution in [0.5, 0.6) is 0 Å². The monoisotopic (exact) mass is 440 g/mol. The van der Waals surface area contributed by atoms with Gasteiger partial charge in [0.1, 0.15) is 0 Å². The molecule has 2 aromatic rings. The zero-order chi connectivity index (χ0) is 22.7. The first-order chi connectivity index (χ1) is 15.1. The predicted octanol–water partition coefficient (Wildman–Crippen LogP) is 8.99. The second kappa shape index (κ2) is 7.59. The van der Waals surface area contributed by atoms with E-state index in [0.717, 1.165) is 0 Å². The molecule has 0 N–H and O–H groups in total. The van der Waals surface area contributed by atoms with Gasteiger partial charge in [0.15, 0.2) is 0 Å². The molecule has 1 saturated heterocycles. The van der Waals surface area contributed by atoms with Gasteiger partial charge in [-0.3, -0.25) is 0 Å². The van der Waals surface area contributed by atoms with Gasteiger partial charge in [-0.15, -0.1) is 0 Å². The van der Waals surface area contributed by atoms with Crippen LogP contribution in [-0.4, -0.2) is 8.07 Å². The highest BCUT2D eigenvalue weighted by Gasteiger charge is 2.50. The highest BCUT2D eigenvalue weighted by Crippen LogP contribution is 2.56. The summed E-state index contributed by atoms with van der Waals surface area (Å²) in [5.41, 5.74) is 10.3. The maximum atomic E-state index is 2.61. The maximum Gasteiger partial charge on any atom is 0.0940 e. The van der Waals surface area contributed by atoms with Gasteiger partial charge in [-0.05, 0) is 50.6 Å². The topological polar surface area (TPSA) is 0 Å². The Labute approximate surface area is 196 Å². The van der Waals surface area contributed by atoms with Crippen molar-refractivity contribution in [2.45, 2.75) is 95.7 Å². The molecule has 32 heavy (non-hydrogen) atoms. The lowest BCUT2D eigenvalue weighted by atomic mass is 9.85. The summed E-state index contributed by atoms with van der Waals surface area (Å²) in [6.45, 7) is 14.2. The quantitative estimate of drug-likeness (QED) is 0.409. The van der Waals surface area contributed by atoms with Crippen molar-refractivity contribution in [3.63, 3.8) is 0 Å². The Kier molecular flexibility index (Phi) is 5.21. The number of fused-ring (bicyclic) bond motifs is 3. The molecule has 1 aliphatic heterocycles. The van der Waals surface area contributed by atoms with E-state index in [0.29, 0.717) is 5.54 Å². The van der Waals surface area contributed by atoms with Crippen LogP contribution in [-0.2, 0) is 10.8 Å². The molecule has 2 aliphatic carbocycles. The van der Waals surface area contributed by atoms with Crippen LogP contribution in [0.2, 0.25) is 12.1 Å². The van der Waals surface area contributed by atoms with Crippen LogP contribution in [0.15, 0.2) is 59.8 Å². The van der Waals surface area contributed by atoms with E-state index in [1.807, 2.05) is 5.20 Å². The molecule has 0 unspecified atom stereocenters. The van der Waals surface area contributed by atoms with Crippen molar-refractivity contribution >= 4 is 8.07 Å². The molecule has 0 spiro atoms. The molecule has 0 amide bonds. The Hall–Kier alpha value is -1.86. The molecule has 5 rings (SSSR count). The Morgan fingerprint density at radius 1 is 0.719 bits per heavy atom. The summed E-state index contributed by atoms with van der Waals surface area (Å²) in [6.07, 6.45) is 12.7. The van der Waals surface area contributed by atoms with Gasteiger partial charge >= 0.3 is 0 Å². The molecule has 0 saturated carbocycles. The number of hydrogen-bond donors (Lipinski definition) is 0. The fourth-order valence-electron chi connectivity index (χ4n) is 6.58. The van der Waals surface area contributed by atoms with E-state index in [1.165, 1.54) is 60.0 Å². The smallest absolute Gasteiger partial charge is 0.0809 e. The van der Waals surface area contributed by atoms with Crippen molar-refractivity contribution in [2.24, 2.45) is 0 Å². The summed E-state index contributed by atoms with van der Waals surface area (Å²) >= 11 is 0. The van der Waals surface area contributed by atoms with Gasteiger partial charge in [-0.25, -0.2) is 0 Å². The van der Waals surface area contributed by atoms with Crippen LogP contribution in [0.3, 0.4) is 0 Å². The molecule has 3 aliphatic rings. The second-order valence-electron chi connectivity index (χ2n) is 12.6. The highest BCUT2D eigenvalue weighted by molar-refractivity contribution is 6.88. The summed E-state index contributed by atoms with van der Waals surface area (Å²) in [7, 11) is -1.68. The molecule has 0 atom stereocenters. The number of hydrogen-bond acceptors (Lipinski definition) is 0. The lowest BCUT2D eigenvalue weighted by Gasteiger charge is -2.43. The van der Waals surface area contributed by atoms with Crippen molar-refractivity contribution in [1.29, 1.82) is 0 Å². The second-order valence-corrected chi connectivity index (χ2v) is 17.1. The Morgan fingerprint density at radius 3 is 1.69 bits per heavy atom. The third kappa shape index (κ3) is 3.48. The Bertz CT molecular complexity index is 1030. The summed E-state index contributed by atoms with van der Waals surface area (Å²) in [5, 5.41) is 1.82. The van der Waals surface area contributed by atoms with Gasteiger partial charge < -0.3 is 0 Å². The molecular formula is C31H40Si. The van der Waals surface area contributed by atoms with Crippen molar-refractivity contribution in [3.05, 3.63) is 82.1 Å². The lowest BCUT2D eigenvalue weighted by molar-refractivity contribution is 0.589. The average molecular weight is 441 g/mol. The summed E-state index contributed by atoms with van der Waals surface area (Å²) in [4.78, 5) is 0. The van der Waals surface area contributed by atoms with Crippen LogP contribution in [0, 0.1) is 0 Å². The number of allylic oxidation sites excluding steroid dienone is 4. The van der Waals surface area contributed by atoms with Crippen LogP contribution in [0.1, 0.15) is 95.0 Å². The van der Waals surface area contributed by atoms with E-state index in [-0.39, 0.29) is 10.8 Å². The molecular weight excluding hydrogens is 400 g/mol. The lowest BCUT2D eigenvalue weighted by Crippen LogP contribution is -2.45. The van der Waals surface area contributed by atoms with Gasteiger partial charge in [-0.2, -0.15) is 0 Å². The van der Waals surface area contributed by atoms with Crippen LogP contribution >= 0.6 is 0 Å². The Morgan fingerprint density at radius 2 is 1.25 bits per heavy atom. The normalized spacial score (nSPS) is 20.2. The zero-order valence-electron chi connectivity index (χ0n) is 21.0. The van der Waals surface area contributed by atoms with Crippen LogP contribution < -0.4 is 0 Å². The molecule has 0 radical (unpaired) electrons. The predicted molar refractivity (Wildman–Crippen MR) is 142 cm³/mol. The minimum absolute atomic E-state index is 0.181. The average Bonchev–Trinajstić information content (AvgIpc) is 3.39. The van der Waals surface area contributed by atoms with Gasteiger partial charge in [-0.1, -0.05) is 133 Å². The molecule has 1 heteroatoms. The van der Waals surface area contributed by atoms with E-state index in [9.17, 15) is 0 Å². The largest absolute Gasteiger partial charge is 0.0940 e. The first kappa shape index (κ1) is 22.0. The number of rotatable bonds is 2. The zero-order valence-corrected chi connectivity index (χ0v) is 22.0. The molecule has 1 fully saturated rings. The summed E-state index contributed by atoms with van der Waals surface area (Å²) < 4.78 is 0. The standard InChI is InChI=1S/C31H40Si/c1-30(2,3)22-14-16-25-26-17-15-23(31(4,5)6)21-28(26)29(27(25)20-22)32(18-10-7-11-19-32)24-12-8-9-13-24/h8-9,12,14-17,20-21,29H,7,10-11,13,18-19H2,1-6H3. The first-order valence-corrected chi connectivity index (χ1v) is 15.3. The van der Waals surface area contributed by atoms with E-state index in [2.05, 4.69) is 96.2 Å². The van der Waals surface area contributed by atoms with Gasteiger partial charge in [0.25, 0.3) is 0 Å². The Balaban J connectivity index is 1.77. The maximum absolute atomic E-state index is 2.61. The van der Waals surface area contributed by atoms with E-state index >= 15 is 0 Å². The fraction of sp³-hybridized carbons (Fsp3) is 0.484. The fourth-order valence-corrected chi connectivity index (χ4v) is 12.8. The summed E-state index contributed by atoms with van der Waals surface area (Å²) in [5.74, 6) is 0. The van der Waals surface area contributed by atoms with E-state index in [4.69, 9.17) is 0 Å². The van der Waals surface area contributed by atoms with E-state index in [1.54, 1.807) is 11.1 Å². The SMILES string of the molecule is CC(C)(C)c1ccc2c(c1)C([Si]1(C3=CC=CC3)CCCCC1)c1cc(C(C)(C)C)ccc1-2. The van der Waals surface area contributed by atoms with Crippen LogP contribution in [0.25, 0.3) is 11.1 Å². The molecule has 1 heterocycles. The molecule has 168 valence electrons. The molecule has 2 aromatic carbocycles. The minimum Gasteiger partial charge on any atom is -0.0809 e. The molecule has 0 bridgehead atoms. The van der Waals surface area contributed by atoms with Crippen LogP contribution in [0.4, 0.5) is 0 Å². The molecule has 0 aromatic heterocycles. The third-order valence-corrected chi connectivity index (χ3v) is 14.3. The highest BCUT2D eigenvalue weighted by atomic mass is 28.3. The summed E-state index contributed by atoms with van der Waals surface area (Å²) in [6, 6.07) is 17.9. The third-order valence-electron chi connectivity index (χ3n) is 8.46. The van der Waals surface area contributed by atoms with E-state index < -0.39 is 8.07 Å². The van der Waals surface area contributed by atoms with Gasteiger partial charge in [0.2, 0.25) is 0 Å². The van der Waals surface area contributed by atoms with Crippen molar-refractivity contribution in [1.82, 2.24) is 0 Å². The van der Waals surface area contributed by atoms with Crippen molar-refractivity contribution in [3.8, 4) is 11.1 Å². The number of benzene rings is 2. The minimum atomic E-state index is -1.68. The van der Waals surface area contributed by atoms with Gasteiger partial charge in [0.05, 0.1) is 8.07 Å². The first-order valence-electron chi connectivity index (χ1n) is 12.8. The molecule has 0 nitrogen and oxygen atoms in total. The van der Waals surface area contributed by atoms with Crippen molar-refractivity contribution in [2.75, 3.05) is 0 Å². The van der Waals surface area contributed by atoms with Crippen molar-refractivity contribution < 1.29 is 0 Å². The van der Waals surface area contributed by atoms with Gasteiger partial charge in [0, 0.05) is 5.54 Å².